The Balaban J connectivity index is 2.17. The van der Waals surface area contributed by atoms with E-state index in [-0.39, 0.29) is 17.9 Å². The van der Waals surface area contributed by atoms with Crippen LogP contribution in [0.3, 0.4) is 0 Å². The first-order chi connectivity index (χ1) is 9.88. The van der Waals surface area contributed by atoms with E-state index in [0.717, 1.165) is 12.1 Å². The molecule has 2 N–H and O–H groups in total. The van der Waals surface area contributed by atoms with Gasteiger partial charge < -0.3 is 10.6 Å². The van der Waals surface area contributed by atoms with Gasteiger partial charge in [0.1, 0.15) is 23.1 Å². The number of carbonyl (C=O) groups excluding carboxylic acids is 1. The molecule has 3 nitrogen and oxygen atoms in total. The van der Waals surface area contributed by atoms with Crippen molar-refractivity contribution >= 4 is 11.6 Å². The van der Waals surface area contributed by atoms with Gasteiger partial charge in [-0.25, -0.2) is 13.2 Å². The lowest BCUT2D eigenvalue weighted by Crippen LogP contribution is -2.26. The van der Waals surface area contributed by atoms with E-state index in [1.165, 1.54) is 36.2 Å². The third-order valence-electron chi connectivity index (χ3n) is 3.01. The van der Waals surface area contributed by atoms with Crippen LogP contribution in [-0.2, 0) is 6.54 Å². The number of amides is 1. The molecular formula is C15H13F3N2O. The van der Waals surface area contributed by atoms with Gasteiger partial charge in [-0.3, -0.25) is 4.79 Å². The van der Waals surface area contributed by atoms with E-state index in [4.69, 9.17) is 5.73 Å². The Morgan fingerprint density at radius 3 is 2.14 bits per heavy atom. The quantitative estimate of drug-likeness (QED) is 0.885. The molecule has 0 aliphatic heterocycles. The normalized spacial score (nSPS) is 10.5. The average molecular weight is 294 g/mol. The Kier molecular flexibility index (Phi) is 4.16. The maximum Gasteiger partial charge on any atom is 0.254 e. The number of hydrogen-bond acceptors (Lipinski definition) is 2. The third kappa shape index (κ3) is 3.34. The smallest absolute Gasteiger partial charge is 0.254 e. The van der Waals surface area contributed by atoms with Gasteiger partial charge in [0.2, 0.25) is 0 Å². The number of nitrogen functional groups attached to an aromatic ring is 1. The van der Waals surface area contributed by atoms with Gasteiger partial charge >= 0.3 is 0 Å². The topological polar surface area (TPSA) is 46.3 Å². The SMILES string of the molecule is CN(Cc1ccc(F)cc1)C(=O)c1cc(F)c(N)c(F)c1. The minimum absolute atomic E-state index is 0.135. The number of nitrogens with two attached hydrogens (primary N) is 1. The van der Waals surface area contributed by atoms with Crippen LogP contribution in [0.4, 0.5) is 18.9 Å². The average Bonchev–Trinajstić information content (AvgIpc) is 2.45. The van der Waals surface area contributed by atoms with E-state index < -0.39 is 23.2 Å². The lowest BCUT2D eigenvalue weighted by atomic mass is 10.1. The predicted molar refractivity (Wildman–Crippen MR) is 73.0 cm³/mol. The van der Waals surface area contributed by atoms with Gasteiger partial charge in [-0.2, -0.15) is 0 Å². The van der Waals surface area contributed by atoms with Crippen molar-refractivity contribution in [3.63, 3.8) is 0 Å². The Morgan fingerprint density at radius 1 is 1.10 bits per heavy atom. The lowest BCUT2D eigenvalue weighted by molar-refractivity contribution is 0.0784. The van der Waals surface area contributed by atoms with Crippen molar-refractivity contribution in [1.82, 2.24) is 4.90 Å². The zero-order valence-corrected chi connectivity index (χ0v) is 11.2. The molecule has 110 valence electrons. The third-order valence-corrected chi connectivity index (χ3v) is 3.01. The van der Waals surface area contributed by atoms with Crippen LogP contribution in [0.2, 0.25) is 0 Å². The predicted octanol–water partition coefficient (Wildman–Crippen LogP) is 2.96. The highest BCUT2D eigenvalue weighted by molar-refractivity contribution is 5.94. The van der Waals surface area contributed by atoms with Crippen molar-refractivity contribution in [1.29, 1.82) is 0 Å². The molecular weight excluding hydrogens is 281 g/mol. The van der Waals surface area contributed by atoms with Crippen LogP contribution >= 0.6 is 0 Å². The number of benzene rings is 2. The second-order valence-electron chi connectivity index (χ2n) is 4.64. The molecule has 2 rings (SSSR count). The van der Waals surface area contributed by atoms with Gasteiger partial charge in [0.05, 0.1) is 0 Å². The molecule has 2 aromatic carbocycles. The number of hydrogen-bond donors (Lipinski definition) is 1. The molecule has 0 bridgehead atoms. The molecule has 0 saturated carbocycles. The van der Waals surface area contributed by atoms with Crippen LogP contribution in [0.5, 0.6) is 0 Å². The van der Waals surface area contributed by atoms with Crippen LogP contribution in [0, 0.1) is 17.5 Å². The van der Waals surface area contributed by atoms with Gasteiger partial charge in [-0.1, -0.05) is 12.1 Å². The van der Waals surface area contributed by atoms with Crippen LogP contribution in [0.1, 0.15) is 15.9 Å². The standard InChI is InChI=1S/C15H13F3N2O/c1-20(8-9-2-4-11(16)5-3-9)15(21)10-6-12(17)14(19)13(18)7-10/h2-7H,8,19H2,1H3. The molecule has 0 aliphatic carbocycles. The van der Waals surface area contributed by atoms with Crippen LogP contribution in [0.15, 0.2) is 36.4 Å². The van der Waals surface area contributed by atoms with E-state index in [2.05, 4.69) is 0 Å². The molecule has 0 aliphatic rings. The lowest BCUT2D eigenvalue weighted by Gasteiger charge is -2.17. The number of carbonyl (C=O) groups is 1. The summed E-state index contributed by atoms with van der Waals surface area (Å²) in [6.07, 6.45) is 0. The first-order valence-corrected chi connectivity index (χ1v) is 6.13. The Hall–Kier alpha value is -2.50. The minimum Gasteiger partial charge on any atom is -0.394 e. The molecule has 1 amide bonds. The summed E-state index contributed by atoms with van der Waals surface area (Å²) in [5, 5.41) is 0. The first-order valence-electron chi connectivity index (χ1n) is 6.13. The molecule has 0 unspecified atom stereocenters. The fourth-order valence-electron chi connectivity index (χ4n) is 1.86. The van der Waals surface area contributed by atoms with Crippen molar-refractivity contribution in [2.75, 3.05) is 12.8 Å². The van der Waals surface area contributed by atoms with Crippen LogP contribution in [-0.4, -0.2) is 17.9 Å². The Morgan fingerprint density at radius 2 is 1.62 bits per heavy atom. The summed E-state index contributed by atoms with van der Waals surface area (Å²) in [4.78, 5) is 13.4. The van der Waals surface area contributed by atoms with Gasteiger partial charge in [0.15, 0.2) is 0 Å². The minimum atomic E-state index is -0.978. The van der Waals surface area contributed by atoms with Gasteiger partial charge in [0, 0.05) is 19.2 Å². The van der Waals surface area contributed by atoms with Crippen molar-refractivity contribution in [3.8, 4) is 0 Å². The summed E-state index contributed by atoms with van der Waals surface area (Å²) in [5.41, 5.74) is 5.10. The molecule has 0 radical (unpaired) electrons. The largest absolute Gasteiger partial charge is 0.394 e. The monoisotopic (exact) mass is 294 g/mol. The number of anilines is 1. The van der Waals surface area contributed by atoms with Gasteiger partial charge in [-0.15, -0.1) is 0 Å². The summed E-state index contributed by atoms with van der Waals surface area (Å²) in [6, 6.07) is 7.39. The Bertz CT molecular complexity index is 648. The zero-order valence-electron chi connectivity index (χ0n) is 11.2. The second kappa shape index (κ2) is 5.87. The van der Waals surface area contributed by atoms with E-state index in [9.17, 15) is 18.0 Å². The van der Waals surface area contributed by atoms with E-state index >= 15 is 0 Å². The molecule has 0 aromatic heterocycles. The molecule has 0 atom stereocenters. The molecule has 6 heteroatoms. The first kappa shape index (κ1) is 14.9. The number of rotatable bonds is 3. The fraction of sp³-hybridized carbons (Fsp3) is 0.133. The van der Waals surface area contributed by atoms with Crippen molar-refractivity contribution in [2.24, 2.45) is 0 Å². The molecule has 0 fully saturated rings. The van der Waals surface area contributed by atoms with Crippen LogP contribution < -0.4 is 5.73 Å². The van der Waals surface area contributed by atoms with Gasteiger partial charge in [-0.05, 0) is 29.8 Å². The summed E-state index contributed by atoms with van der Waals surface area (Å²) >= 11 is 0. The summed E-state index contributed by atoms with van der Waals surface area (Å²) in [7, 11) is 1.48. The molecule has 0 heterocycles. The molecule has 2 aromatic rings. The maximum absolute atomic E-state index is 13.4. The van der Waals surface area contributed by atoms with E-state index in [0.29, 0.717) is 5.56 Å². The zero-order chi connectivity index (χ0) is 15.6. The van der Waals surface area contributed by atoms with Crippen molar-refractivity contribution in [2.45, 2.75) is 6.54 Å². The number of halogens is 3. The molecule has 0 saturated heterocycles. The highest BCUT2D eigenvalue weighted by Crippen LogP contribution is 2.18. The van der Waals surface area contributed by atoms with E-state index in [1.54, 1.807) is 0 Å². The second-order valence-corrected chi connectivity index (χ2v) is 4.64. The summed E-state index contributed by atoms with van der Waals surface area (Å²) < 4.78 is 39.5. The van der Waals surface area contributed by atoms with Gasteiger partial charge in [0.25, 0.3) is 5.91 Å². The van der Waals surface area contributed by atoms with Crippen LogP contribution in [0.25, 0.3) is 0 Å². The number of nitrogens with zero attached hydrogens (tertiary/aromatic N) is 1. The molecule has 0 spiro atoms. The highest BCUT2D eigenvalue weighted by Gasteiger charge is 2.16. The van der Waals surface area contributed by atoms with E-state index in [1.807, 2.05) is 0 Å². The molecule has 21 heavy (non-hydrogen) atoms. The van der Waals surface area contributed by atoms with Crippen molar-refractivity contribution < 1.29 is 18.0 Å². The van der Waals surface area contributed by atoms with Crippen molar-refractivity contribution in [3.05, 3.63) is 65.0 Å². The fourth-order valence-corrected chi connectivity index (χ4v) is 1.86. The Labute approximate surface area is 119 Å². The maximum atomic E-state index is 13.4. The summed E-state index contributed by atoms with van der Waals surface area (Å²) in [5.74, 6) is -2.89. The summed E-state index contributed by atoms with van der Waals surface area (Å²) in [6.45, 7) is 0.187. The highest BCUT2D eigenvalue weighted by atomic mass is 19.1.